The van der Waals surface area contributed by atoms with Crippen molar-refractivity contribution in [3.8, 4) is 0 Å². The molecule has 3 aromatic carbocycles. The molecule has 2 N–H and O–H groups in total. The first-order valence-corrected chi connectivity index (χ1v) is 11.5. The highest BCUT2D eigenvalue weighted by Gasteiger charge is 2.30. The van der Waals surface area contributed by atoms with Gasteiger partial charge in [0.1, 0.15) is 16.2 Å². The first-order chi connectivity index (χ1) is 15.4. The molecule has 2 aromatic heterocycles. The molecule has 0 fully saturated rings. The summed E-state index contributed by atoms with van der Waals surface area (Å²) in [5.41, 5.74) is 8.72. The van der Waals surface area contributed by atoms with Crippen molar-refractivity contribution in [2.75, 3.05) is 5.73 Å². The summed E-state index contributed by atoms with van der Waals surface area (Å²) in [6.07, 6.45) is 1.59. The maximum absolute atomic E-state index is 13.6. The summed E-state index contributed by atoms with van der Waals surface area (Å²) in [6.45, 7) is 0. The molecule has 5 rings (SSSR count). The Morgan fingerprint density at radius 2 is 1.59 bits per heavy atom. The minimum absolute atomic E-state index is 0.0118. The molecule has 0 atom stereocenters. The van der Waals surface area contributed by atoms with Crippen LogP contribution < -0.4 is 5.73 Å². The molecule has 9 heteroatoms. The number of sulfone groups is 1. The number of rotatable bonds is 4. The van der Waals surface area contributed by atoms with Crippen molar-refractivity contribution in [3.05, 3.63) is 89.4 Å². The molecule has 7 nitrogen and oxygen atoms in total. The van der Waals surface area contributed by atoms with Crippen LogP contribution in [0.15, 0.2) is 93.8 Å². The highest BCUT2D eigenvalue weighted by atomic mass is 35.5. The second-order valence-corrected chi connectivity index (χ2v) is 9.35. The Bertz CT molecular complexity index is 1610. The van der Waals surface area contributed by atoms with Gasteiger partial charge in [-0.25, -0.2) is 18.4 Å². The number of aromatic nitrogens is 3. The van der Waals surface area contributed by atoms with Gasteiger partial charge < -0.3 is 5.73 Å². The third kappa shape index (κ3) is 3.39. The van der Waals surface area contributed by atoms with Gasteiger partial charge in [-0.15, -0.1) is 0 Å². The minimum Gasteiger partial charge on any atom is -0.382 e. The van der Waals surface area contributed by atoms with Crippen LogP contribution in [0.2, 0.25) is 5.02 Å². The number of nitrogens with two attached hydrogens (primary N) is 1. The molecule has 5 aromatic rings. The van der Waals surface area contributed by atoms with Crippen molar-refractivity contribution in [1.82, 2.24) is 14.6 Å². The molecule has 0 bridgehead atoms. The summed E-state index contributed by atoms with van der Waals surface area (Å²) >= 11 is 6.04. The smallest absolute Gasteiger partial charge is 0.212 e. The van der Waals surface area contributed by atoms with E-state index in [1.54, 1.807) is 30.5 Å². The van der Waals surface area contributed by atoms with E-state index in [-0.39, 0.29) is 26.8 Å². The van der Waals surface area contributed by atoms with E-state index in [2.05, 4.69) is 15.1 Å². The maximum Gasteiger partial charge on any atom is 0.212 e. The molecule has 158 valence electrons. The van der Waals surface area contributed by atoms with E-state index in [0.717, 1.165) is 5.56 Å². The van der Waals surface area contributed by atoms with Crippen LogP contribution in [0.3, 0.4) is 0 Å². The molecule has 0 spiro atoms. The van der Waals surface area contributed by atoms with Crippen LogP contribution in [-0.2, 0) is 9.84 Å². The average molecular weight is 462 g/mol. The minimum atomic E-state index is -4.06. The Kier molecular flexibility index (Phi) is 4.88. The molecule has 32 heavy (non-hydrogen) atoms. The van der Waals surface area contributed by atoms with Crippen molar-refractivity contribution in [2.24, 2.45) is 5.10 Å². The summed E-state index contributed by atoms with van der Waals surface area (Å²) in [4.78, 5) is 9.05. The molecular weight excluding hydrogens is 446 g/mol. The normalized spacial score (nSPS) is 12.2. The van der Waals surface area contributed by atoms with Crippen LogP contribution in [0.1, 0.15) is 5.56 Å². The lowest BCUT2D eigenvalue weighted by Crippen LogP contribution is -2.06. The van der Waals surface area contributed by atoms with Crippen LogP contribution in [0.5, 0.6) is 0 Å². The summed E-state index contributed by atoms with van der Waals surface area (Å²) in [6, 6.07) is 22.6. The Balaban J connectivity index is 1.82. The van der Waals surface area contributed by atoms with E-state index in [1.807, 2.05) is 42.5 Å². The van der Waals surface area contributed by atoms with Gasteiger partial charge in [0.25, 0.3) is 0 Å². The first-order valence-electron chi connectivity index (χ1n) is 9.62. The predicted octanol–water partition coefficient (Wildman–Crippen LogP) is 4.54. The van der Waals surface area contributed by atoms with Gasteiger partial charge in [-0.3, -0.25) is 0 Å². The maximum atomic E-state index is 13.6. The molecular formula is C23H16ClN5O2S. The third-order valence-electron chi connectivity index (χ3n) is 4.93. The first kappa shape index (κ1) is 20.2. The van der Waals surface area contributed by atoms with Gasteiger partial charge >= 0.3 is 0 Å². The SMILES string of the molecule is Nc1c(S(=O)(=O)c2cccc(Cl)c2)c2nc3ccccc3nc2n1/N=C\c1ccccc1. The quantitative estimate of drug-likeness (QED) is 0.396. The standard InChI is InChI=1S/C23H16ClN5O2S/c24-16-9-6-10-17(13-16)32(30,31)21-20-23(28-19-12-5-4-11-18(19)27-20)29(22(21)25)26-14-15-7-2-1-3-8-15/h1-14H,25H2/b26-14-. The summed E-state index contributed by atoms with van der Waals surface area (Å²) in [5.74, 6) is -0.0811. The zero-order valence-corrected chi connectivity index (χ0v) is 18.1. The lowest BCUT2D eigenvalue weighted by atomic mass is 10.2. The second-order valence-electron chi connectivity index (χ2n) is 7.03. The number of para-hydroxylation sites is 2. The molecule has 2 heterocycles. The topological polar surface area (TPSA) is 103 Å². The Labute approximate surface area is 188 Å². The van der Waals surface area contributed by atoms with Gasteiger partial charge in [-0.05, 0) is 35.9 Å². The second kappa shape index (κ2) is 7.74. The van der Waals surface area contributed by atoms with Crippen LogP contribution in [0.25, 0.3) is 22.2 Å². The fourth-order valence-corrected chi connectivity index (χ4v) is 5.20. The largest absolute Gasteiger partial charge is 0.382 e. The van der Waals surface area contributed by atoms with Crippen molar-refractivity contribution < 1.29 is 8.42 Å². The molecule has 0 aliphatic rings. The number of halogens is 1. The number of nitrogens with zero attached hydrogens (tertiary/aromatic N) is 4. The van der Waals surface area contributed by atoms with Gasteiger partial charge in [0, 0.05) is 5.02 Å². The zero-order valence-electron chi connectivity index (χ0n) is 16.6. The molecule has 0 saturated carbocycles. The number of hydrogen-bond acceptors (Lipinski definition) is 6. The average Bonchev–Trinajstić information content (AvgIpc) is 3.07. The molecule has 0 unspecified atom stereocenters. The van der Waals surface area contributed by atoms with Crippen molar-refractivity contribution in [2.45, 2.75) is 9.79 Å². The fourth-order valence-electron chi connectivity index (χ4n) is 3.42. The van der Waals surface area contributed by atoms with E-state index >= 15 is 0 Å². The molecule has 0 amide bonds. The van der Waals surface area contributed by atoms with Crippen LogP contribution in [-0.4, -0.2) is 29.3 Å². The van der Waals surface area contributed by atoms with Gasteiger partial charge in [0.2, 0.25) is 9.84 Å². The fraction of sp³-hybridized carbons (Fsp3) is 0. The van der Waals surface area contributed by atoms with Crippen molar-refractivity contribution >= 4 is 55.7 Å². The lowest BCUT2D eigenvalue weighted by molar-refractivity contribution is 0.597. The number of benzene rings is 3. The van der Waals surface area contributed by atoms with E-state index in [4.69, 9.17) is 17.3 Å². The summed E-state index contributed by atoms with van der Waals surface area (Å²) in [5, 5.41) is 4.73. The molecule has 0 radical (unpaired) electrons. The van der Waals surface area contributed by atoms with Gasteiger partial charge in [-0.1, -0.05) is 60.1 Å². The third-order valence-corrected chi connectivity index (χ3v) is 6.98. The van der Waals surface area contributed by atoms with Gasteiger partial charge in [0.05, 0.1) is 22.1 Å². The van der Waals surface area contributed by atoms with Gasteiger partial charge in [-0.2, -0.15) is 9.78 Å². The van der Waals surface area contributed by atoms with Crippen LogP contribution in [0, 0.1) is 0 Å². The summed E-state index contributed by atoms with van der Waals surface area (Å²) < 4.78 is 28.5. The number of nitrogen functional groups attached to an aromatic ring is 1. The zero-order chi connectivity index (χ0) is 22.3. The van der Waals surface area contributed by atoms with Crippen LogP contribution in [0.4, 0.5) is 5.82 Å². The number of fused-ring (bicyclic) bond motifs is 2. The van der Waals surface area contributed by atoms with E-state index in [1.165, 1.54) is 16.8 Å². The number of anilines is 1. The van der Waals surface area contributed by atoms with Crippen LogP contribution >= 0.6 is 11.6 Å². The van der Waals surface area contributed by atoms with Crippen molar-refractivity contribution in [3.63, 3.8) is 0 Å². The van der Waals surface area contributed by atoms with E-state index < -0.39 is 9.84 Å². The highest BCUT2D eigenvalue weighted by Crippen LogP contribution is 2.35. The highest BCUT2D eigenvalue weighted by molar-refractivity contribution is 7.92. The van der Waals surface area contributed by atoms with E-state index in [0.29, 0.717) is 16.1 Å². The Hall–Kier alpha value is -3.75. The summed E-state index contributed by atoms with van der Waals surface area (Å²) in [7, 11) is -4.06. The molecule has 0 aliphatic heterocycles. The predicted molar refractivity (Wildman–Crippen MR) is 126 cm³/mol. The monoisotopic (exact) mass is 461 g/mol. The lowest BCUT2D eigenvalue weighted by Gasteiger charge is -2.05. The van der Waals surface area contributed by atoms with Gasteiger partial charge in [0.15, 0.2) is 5.65 Å². The van der Waals surface area contributed by atoms with Crippen molar-refractivity contribution in [1.29, 1.82) is 0 Å². The molecule has 0 saturated heterocycles. The van der Waals surface area contributed by atoms with E-state index in [9.17, 15) is 8.42 Å². The molecule has 0 aliphatic carbocycles. The Morgan fingerprint density at radius 1 is 0.906 bits per heavy atom. The number of hydrogen-bond donors (Lipinski definition) is 1. The Morgan fingerprint density at radius 3 is 2.31 bits per heavy atom.